The zero-order valence-corrected chi connectivity index (χ0v) is 9.96. The molecule has 0 amide bonds. The van der Waals surface area contributed by atoms with Crippen molar-refractivity contribution < 1.29 is 0 Å². The van der Waals surface area contributed by atoms with Crippen LogP contribution in [0.3, 0.4) is 0 Å². The van der Waals surface area contributed by atoms with E-state index in [0.29, 0.717) is 6.04 Å². The van der Waals surface area contributed by atoms with Crippen LogP contribution in [-0.2, 0) is 0 Å². The maximum Gasteiger partial charge on any atom is 0.00964 e. The number of likely N-dealkylation sites (tertiary alicyclic amines) is 1. The Balaban J connectivity index is 1.79. The van der Waals surface area contributed by atoms with Gasteiger partial charge < -0.3 is 10.6 Å². The van der Waals surface area contributed by atoms with E-state index in [0.717, 1.165) is 6.04 Å². The molecule has 2 N–H and O–H groups in total. The van der Waals surface area contributed by atoms with Gasteiger partial charge in [0.05, 0.1) is 0 Å². The molecule has 1 heterocycles. The second-order valence-electron chi connectivity index (χ2n) is 5.37. The summed E-state index contributed by atoms with van der Waals surface area (Å²) in [6.45, 7) is 2.69. The van der Waals surface area contributed by atoms with Crippen LogP contribution >= 0.6 is 0 Å². The van der Waals surface area contributed by atoms with Gasteiger partial charge in [-0.05, 0) is 51.6 Å². The maximum atomic E-state index is 5.96. The molecule has 2 fully saturated rings. The number of rotatable bonds is 1. The Kier molecular flexibility index (Phi) is 4.45. The van der Waals surface area contributed by atoms with Gasteiger partial charge in [0.2, 0.25) is 0 Å². The van der Waals surface area contributed by atoms with Crippen LogP contribution in [0.5, 0.6) is 0 Å². The molecule has 88 valence electrons. The minimum Gasteiger partial charge on any atom is -0.328 e. The first kappa shape index (κ1) is 11.4. The molecule has 2 nitrogen and oxygen atoms in total. The normalized spacial score (nSPS) is 35.8. The second kappa shape index (κ2) is 5.86. The molecule has 1 saturated heterocycles. The summed E-state index contributed by atoms with van der Waals surface area (Å²) in [4.78, 5) is 2.76. The van der Waals surface area contributed by atoms with E-state index in [2.05, 4.69) is 4.90 Å². The Labute approximate surface area is 94.2 Å². The van der Waals surface area contributed by atoms with E-state index >= 15 is 0 Å². The van der Waals surface area contributed by atoms with Gasteiger partial charge in [0.15, 0.2) is 0 Å². The van der Waals surface area contributed by atoms with Crippen LogP contribution in [-0.4, -0.2) is 30.1 Å². The molecule has 0 aromatic carbocycles. The SMILES string of the molecule is NC1CCC(N2CCCCCCC2)CC1. The number of hydrogen-bond donors (Lipinski definition) is 1. The van der Waals surface area contributed by atoms with E-state index in [1.54, 1.807) is 0 Å². The summed E-state index contributed by atoms with van der Waals surface area (Å²) in [5, 5.41) is 0. The minimum absolute atomic E-state index is 0.496. The topological polar surface area (TPSA) is 29.3 Å². The molecule has 2 aliphatic rings. The molecule has 1 aliphatic carbocycles. The van der Waals surface area contributed by atoms with Gasteiger partial charge in [-0.2, -0.15) is 0 Å². The number of nitrogens with zero attached hydrogens (tertiary/aromatic N) is 1. The molecular weight excluding hydrogens is 184 g/mol. The van der Waals surface area contributed by atoms with Gasteiger partial charge in [-0.3, -0.25) is 0 Å². The summed E-state index contributed by atoms with van der Waals surface area (Å²) in [7, 11) is 0. The van der Waals surface area contributed by atoms with Crippen molar-refractivity contribution in [2.24, 2.45) is 5.73 Å². The summed E-state index contributed by atoms with van der Waals surface area (Å²) < 4.78 is 0. The minimum atomic E-state index is 0.496. The van der Waals surface area contributed by atoms with Crippen molar-refractivity contribution in [3.8, 4) is 0 Å². The van der Waals surface area contributed by atoms with Gasteiger partial charge in [0, 0.05) is 12.1 Å². The van der Waals surface area contributed by atoms with E-state index in [-0.39, 0.29) is 0 Å². The Morgan fingerprint density at radius 1 is 0.733 bits per heavy atom. The highest BCUT2D eigenvalue weighted by Crippen LogP contribution is 2.24. The van der Waals surface area contributed by atoms with E-state index in [1.165, 1.54) is 70.9 Å². The van der Waals surface area contributed by atoms with Crippen LogP contribution in [0.2, 0.25) is 0 Å². The van der Waals surface area contributed by atoms with Crippen molar-refractivity contribution >= 4 is 0 Å². The molecule has 0 unspecified atom stereocenters. The Morgan fingerprint density at radius 2 is 1.27 bits per heavy atom. The third kappa shape index (κ3) is 3.46. The van der Waals surface area contributed by atoms with Crippen LogP contribution in [0, 0.1) is 0 Å². The second-order valence-corrected chi connectivity index (χ2v) is 5.37. The molecule has 0 spiro atoms. The lowest BCUT2D eigenvalue weighted by Gasteiger charge is -2.37. The van der Waals surface area contributed by atoms with E-state index in [4.69, 9.17) is 5.73 Å². The Bertz CT molecular complexity index is 165. The Morgan fingerprint density at radius 3 is 1.87 bits per heavy atom. The highest BCUT2D eigenvalue weighted by atomic mass is 15.2. The lowest BCUT2D eigenvalue weighted by Crippen LogP contribution is -2.42. The molecule has 0 aromatic heterocycles. The van der Waals surface area contributed by atoms with E-state index in [1.807, 2.05) is 0 Å². The van der Waals surface area contributed by atoms with Gasteiger partial charge in [-0.1, -0.05) is 19.3 Å². The van der Waals surface area contributed by atoms with E-state index in [9.17, 15) is 0 Å². The van der Waals surface area contributed by atoms with Gasteiger partial charge in [-0.15, -0.1) is 0 Å². The first-order chi connectivity index (χ1) is 7.36. The summed E-state index contributed by atoms with van der Waals surface area (Å²) in [6, 6.07) is 1.36. The fourth-order valence-electron chi connectivity index (χ4n) is 3.10. The zero-order chi connectivity index (χ0) is 10.5. The molecular formula is C13H26N2. The predicted octanol–water partition coefficient (Wildman–Crippen LogP) is 2.52. The van der Waals surface area contributed by atoms with Gasteiger partial charge in [0.1, 0.15) is 0 Å². The smallest absolute Gasteiger partial charge is 0.00964 e. The van der Waals surface area contributed by atoms with Crippen LogP contribution in [0.15, 0.2) is 0 Å². The highest BCUT2D eigenvalue weighted by Gasteiger charge is 2.23. The molecule has 2 heteroatoms. The van der Waals surface area contributed by atoms with Gasteiger partial charge in [0.25, 0.3) is 0 Å². The van der Waals surface area contributed by atoms with Crippen molar-refractivity contribution in [2.75, 3.05) is 13.1 Å². The van der Waals surface area contributed by atoms with Crippen molar-refractivity contribution in [3.05, 3.63) is 0 Å². The van der Waals surface area contributed by atoms with Crippen molar-refractivity contribution in [2.45, 2.75) is 69.9 Å². The summed E-state index contributed by atoms with van der Waals surface area (Å²) >= 11 is 0. The van der Waals surface area contributed by atoms with E-state index < -0.39 is 0 Å². The van der Waals surface area contributed by atoms with Crippen LogP contribution in [0.25, 0.3) is 0 Å². The van der Waals surface area contributed by atoms with Gasteiger partial charge >= 0.3 is 0 Å². The molecule has 0 radical (unpaired) electrons. The molecule has 0 bridgehead atoms. The predicted molar refractivity (Wildman–Crippen MR) is 64.9 cm³/mol. The molecule has 1 saturated carbocycles. The first-order valence-corrected chi connectivity index (χ1v) is 6.86. The molecule has 2 rings (SSSR count). The summed E-state index contributed by atoms with van der Waals surface area (Å²) in [5.41, 5.74) is 5.96. The third-order valence-corrected chi connectivity index (χ3v) is 4.15. The van der Waals surface area contributed by atoms with Crippen molar-refractivity contribution in [3.63, 3.8) is 0 Å². The Hall–Kier alpha value is -0.0800. The fourth-order valence-corrected chi connectivity index (χ4v) is 3.10. The monoisotopic (exact) mass is 210 g/mol. The van der Waals surface area contributed by atoms with Gasteiger partial charge in [-0.25, -0.2) is 0 Å². The summed E-state index contributed by atoms with van der Waals surface area (Å²) in [6.07, 6.45) is 12.4. The largest absolute Gasteiger partial charge is 0.328 e. The quantitative estimate of drug-likeness (QED) is 0.720. The van der Waals surface area contributed by atoms with Crippen LogP contribution < -0.4 is 5.73 Å². The molecule has 15 heavy (non-hydrogen) atoms. The number of hydrogen-bond acceptors (Lipinski definition) is 2. The molecule has 1 aliphatic heterocycles. The van der Waals surface area contributed by atoms with Crippen molar-refractivity contribution in [1.29, 1.82) is 0 Å². The maximum absolute atomic E-state index is 5.96. The zero-order valence-electron chi connectivity index (χ0n) is 9.96. The summed E-state index contributed by atoms with van der Waals surface area (Å²) in [5.74, 6) is 0. The average molecular weight is 210 g/mol. The average Bonchev–Trinajstić information content (AvgIpc) is 2.19. The number of nitrogens with two attached hydrogens (primary N) is 1. The lowest BCUT2D eigenvalue weighted by molar-refractivity contribution is 0.138. The van der Waals surface area contributed by atoms with Crippen LogP contribution in [0.4, 0.5) is 0 Å². The van der Waals surface area contributed by atoms with Crippen molar-refractivity contribution in [1.82, 2.24) is 4.90 Å². The lowest BCUT2D eigenvalue weighted by atomic mass is 9.90. The first-order valence-electron chi connectivity index (χ1n) is 6.86. The standard InChI is InChI=1S/C13H26N2/c14-12-6-8-13(9-7-12)15-10-4-2-1-3-5-11-15/h12-13H,1-11,14H2. The molecule has 0 aromatic rings. The fraction of sp³-hybridized carbons (Fsp3) is 1.00. The third-order valence-electron chi connectivity index (χ3n) is 4.15. The van der Waals surface area contributed by atoms with Crippen LogP contribution in [0.1, 0.15) is 57.8 Å². The highest BCUT2D eigenvalue weighted by molar-refractivity contribution is 4.81. The molecule has 0 atom stereocenters.